The van der Waals surface area contributed by atoms with Crippen LogP contribution in [0.25, 0.3) is 16.8 Å². The number of fused-ring (bicyclic) bond motifs is 1. The molecular weight excluding hydrogens is 453 g/mol. The van der Waals surface area contributed by atoms with Crippen LogP contribution in [0.4, 0.5) is 13.2 Å². The first-order valence-corrected chi connectivity index (χ1v) is 10.4. The summed E-state index contributed by atoms with van der Waals surface area (Å²) in [7, 11) is 0. The number of nitrogens with zero attached hydrogens (tertiary/aromatic N) is 6. The summed E-state index contributed by atoms with van der Waals surface area (Å²) in [5.41, 5.74) is -0.790. The lowest BCUT2D eigenvalue weighted by molar-refractivity contribution is -0.269. The molecular formula is C22H21F3N6O3. The van der Waals surface area contributed by atoms with E-state index < -0.39 is 29.9 Å². The highest BCUT2D eigenvalue weighted by molar-refractivity contribution is 5.98. The minimum Gasteiger partial charge on any atom is -0.462 e. The first-order valence-electron chi connectivity index (χ1n) is 10.4. The number of hydrogen-bond acceptors (Lipinski definition) is 7. The maximum Gasteiger partial charge on any atom is 0.423 e. The number of alkyl halides is 3. The third kappa shape index (κ3) is 4.12. The highest BCUT2D eigenvalue weighted by Crippen LogP contribution is 2.40. The lowest BCUT2D eigenvalue weighted by Crippen LogP contribution is -2.42. The zero-order valence-electron chi connectivity index (χ0n) is 18.3. The van der Waals surface area contributed by atoms with E-state index >= 15 is 0 Å². The molecule has 0 aromatic carbocycles. The van der Waals surface area contributed by atoms with Crippen molar-refractivity contribution in [3.8, 4) is 11.3 Å². The molecule has 1 atom stereocenters. The Bertz CT molecular complexity index is 1320. The van der Waals surface area contributed by atoms with Gasteiger partial charge in [-0.15, -0.1) is 5.10 Å². The lowest BCUT2D eigenvalue weighted by atomic mass is 9.96. The number of hydrogen-bond donors (Lipinski definition) is 1. The van der Waals surface area contributed by atoms with E-state index in [1.54, 1.807) is 48.1 Å². The molecule has 4 heterocycles. The Labute approximate surface area is 191 Å². The van der Waals surface area contributed by atoms with Crippen molar-refractivity contribution in [2.75, 3.05) is 6.61 Å². The largest absolute Gasteiger partial charge is 0.462 e. The Balaban J connectivity index is 1.70. The average Bonchev–Trinajstić information content (AvgIpc) is 3.43. The smallest absolute Gasteiger partial charge is 0.423 e. The molecule has 0 saturated carbocycles. The van der Waals surface area contributed by atoms with Gasteiger partial charge in [-0.05, 0) is 37.1 Å². The van der Waals surface area contributed by atoms with Crippen molar-refractivity contribution >= 4 is 11.5 Å². The molecule has 12 heteroatoms. The summed E-state index contributed by atoms with van der Waals surface area (Å²) in [5, 5.41) is 17.4. The molecule has 9 nitrogen and oxygen atoms in total. The first kappa shape index (κ1) is 23.4. The van der Waals surface area contributed by atoms with Crippen molar-refractivity contribution in [1.82, 2.24) is 29.4 Å². The second kappa shape index (κ2) is 8.86. The predicted octanol–water partition coefficient (Wildman–Crippen LogP) is 3.37. The van der Waals surface area contributed by atoms with E-state index in [9.17, 15) is 23.1 Å². The number of ether oxygens (including phenoxy) is 1. The van der Waals surface area contributed by atoms with Gasteiger partial charge < -0.3 is 14.2 Å². The van der Waals surface area contributed by atoms with Gasteiger partial charge in [0.2, 0.25) is 5.60 Å². The van der Waals surface area contributed by atoms with Crippen LogP contribution in [0.2, 0.25) is 0 Å². The number of carbonyl (C=O) groups is 1. The summed E-state index contributed by atoms with van der Waals surface area (Å²) in [4.78, 5) is 20.6. The van der Waals surface area contributed by atoms with Crippen molar-refractivity contribution in [3.05, 3.63) is 66.1 Å². The Morgan fingerprint density at radius 1 is 1.18 bits per heavy atom. The van der Waals surface area contributed by atoms with Gasteiger partial charge in [0.15, 0.2) is 0 Å². The number of halogens is 3. The molecule has 0 amide bonds. The van der Waals surface area contributed by atoms with Gasteiger partial charge in [-0.2, -0.15) is 13.2 Å². The Morgan fingerprint density at radius 2 is 1.91 bits per heavy atom. The highest BCUT2D eigenvalue weighted by atomic mass is 19.4. The van der Waals surface area contributed by atoms with Crippen molar-refractivity contribution in [2.45, 2.75) is 38.6 Å². The average molecular weight is 474 g/mol. The van der Waals surface area contributed by atoms with Gasteiger partial charge in [-0.25, -0.2) is 19.4 Å². The van der Waals surface area contributed by atoms with Crippen LogP contribution in [-0.2, 0) is 16.9 Å². The number of carbonyl (C=O) groups excluding carboxylic acids is 1. The van der Waals surface area contributed by atoms with E-state index in [0.29, 0.717) is 27.9 Å². The van der Waals surface area contributed by atoms with Gasteiger partial charge in [0, 0.05) is 29.7 Å². The van der Waals surface area contributed by atoms with Crippen LogP contribution in [0.15, 0.2) is 49.3 Å². The van der Waals surface area contributed by atoms with Gasteiger partial charge >= 0.3 is 12.1 Å². The van der Waals surface area contributed by atoms with Gasteiger partial charge in [0.1, 0.15) is 12.0 Å². The fourth-order valence-corrected chi connectivity index (χ4v) is 3.68. The van der Waals surface area contributed by atoms with E-state index in [4.69, 9.17) is 4.74 Å². The molecule has 0 aliphatic heterocycles. The zero-order chi connectivity index (χ0) is 24.5. The van der Waals surface area contributed by atoms with Crippen molar-refractivity contribution in [2.24, 2.45) is 0 Å². The van der Waals surface area contributed by atoms with Gasteiger partial charge in [0.05, 0.1) is 30.6 Å². The molecule has 1 N–H and O–H groups in total. The molecule has 1 unspecified atom stereocenters. The van der Waals surface area contributed by atoms with Gasteiger partial charge in [-0.3, -0.25) is 0 Å². The molecule has 0 radical (unpaired) electrons. The third-order valence-electron chi connectivity index (χ3n) is 5.45. The van der Waals surface area contributed by atoms with E-state index in [0.717, 1.165) is 6.20 Å². The van der Waals surface area contributed by atoms with Gasteiger partial charge in [0.25, 0.3) is 0 Å². The minimum absolute atomic E-state index is 0.102. The third-order valence-corrected chi connectivity index (χ3v) is 5.45. The molecule has 0 fully saturated rings. The summed E-state index contributed by atoms with van der Waals surface area (Å²) >= 11 is 0. The molecule has 178 valence electrons. The number of rotatable bonds is 7. The summed E-state index contributed by atoms with van der Waals surface area (Å²) in [6.45, 7) is 3.24. The molecule has 4 aromatic heterocycles. The standard InChI is InChI=1S/C22H21F3N6O3/c1-3-21(33,22(23,24)25)18-12-30(29-28-18)11-14-5-6-31-16(7-14)8-17(20(32)34-4-2)19(31)15-9-26-13-27-10-15/h5-10,12-13,33H,3-4,11H2,1-2H3. The maximum atomic E-state index is 13.3. The topological polar surface area (TPSA) is 107 Å². The fourth-order valence-electron chi connectivity index (χ4n) is 3.68. The van der Waals surface area contributed by atoms with Crippen LogP contribution >= 0.6 is 0 Å². The summed E-state index contributed by atoms with van der Waals surface area (Å²) < 4.78 is 48.2. The molecule has 0 bridgehead atoms. The number of pyridine rings is 1. The maximum absolute atomic E-state index is 13.3. The van der Waals surface area contributed by atoms with Crippen LogP contribution < -0.4 is 0 Å². The molecule has 34 heavy (non-hydrogen) atoms. The lowest BCUT2D eigenvalue weighted by Gasteiger charge is -2.26. The van der Waals surface area contributed by atoms with E-state index in [2.05, 4.69) is 20.3 Å². The monoisotopic (exact) mass is 474 g/mol. The summed E-state index contributed by atoms with van der Waals surface area (Å²) in [6, 6.07) is 5.18. The number of aromatic nitrogens is 6. The minimum atomic E-state index is -4.88. The SMILES string of the molecule is CCOC(=O)c1cc2cc(Cn3cc(C(O)(CC)C(F)(F)F)nn3)ccn2c1-c1cncnc1. The second-order valence-electron chi connectivity index (χ2n) is 7.60. The van der Waals surface area contributed by atoms with Crippen LogP contribution in [0.5, 0.6) is 0 Å². The summed E-state index contributed by atoms with van der Waals surface area (Å²) in [5.74, 6) is -0.501. The molecule has 4 aromatic rings. The van der Waals surface area contributed by atoms with Crippen LogP contribution in [0, 0.1) is 0 Å². The Kier molecular flexibility index (Phi) is 6.09. The van der Waals surface area contributed by atoms with E-state index in [1.807, 2.05) is 0 Å². The van der Waals surface area contributed by atoms with Crippen LogP contribution in [-0.4, -0.2) is 53.2 Å². The Morgan fingerprint density at radius 3 is 2.56 bits per heavy atom. The molecule has 0 aliphatic rings. The Hall–Kier alpha value is -3.80. The zero-order valence-corrected chi connectivity index (χ0v) is 18.3. The first-order chi connectivity index (χ1) is 16.2. The molecule has 0 saturated heterocycles. The highest BCUT2D eigenvalue weighted by Gasteiger charge is 2.55. The number of esters is 1. The van der Waals surface area contributed by atoms with Gasteiger partial charge in [-0.1, -0.05) is 12.1 Å². The normalized spacial score (nSPS) is 13.7. The van der Waals surface area contributed by atoms with Crippen molar-refractivity contribution in [1.29, 1.82) is 0 Å². The van der Waals surface area contributed by atoms with Crippen molar-refractivity contribution in [3.63, 3.8) is 0 Å². The summed E-state index contributed by atoms with van der Waals surface area (Å²) in [6.07, 6.45) is 1.88. The molecule has 0 spiro atoms. The number of aliphatic hydroxyl groups is 1. The van der Waals surface area contributed by atoms with E-state index in [1.165, 1.54) is 17.9 Å². The van der Waals surface area contributed by atoms with Crippen LogP contribution in [0.3, 0.4) is 0 Å². The fraction of sp³-hybridized carbons (Fsp3) is 0.318. The predicted molar refractivity (Wildman–Crippen MR) is 114 cm³/mol. The molecule has 4 rings (SSSR count). The second-order valence-corrected chi connectivity index (χ2v) is 7.60. The van der Waals surface area contributed by atoms with Crippen LogP contribution in [0.1, 0.15) is 41.9 Å². The van der Waals surface area contributed by atoms with E-state index in [-0.39, 0.29) is 13.2 Å². The quantitative estimate of drug-likeness (QED) is 0.409. The molecule has 0 aliphatic carbocycles. The van der Waals surface area contributed by atoms with Crippen molar-refractivity contribution < 1.29 is 27.8 Å².